The van der Waals surface area contributed by atoms with Gasteiger partial charge in [0.2, 0.25) is 5.16 Å². The third kappa shape index (κ3) is 4.45. The number of aromatic nitrogens is 3. The lowest BCUT2D eigenvalue weighted by molar-refractivity contribution is 0.306. The molecule has 0 unspecified atom stereocenters. The topological polar surface area (TPSA) is 66.0 Å². The second-order valence-electron chi connectivity index (χ2n) is 4.51. The van der Waals surface area contributed by atoms with Crippen LogP contribution < -0.4 is 10.6 Å². The molecule has 0 fully saturated rings. The lowest BCUT2D eigenvalue weighted by Gasteiger charge is -2.06. The molecule has 108 valence electrons. The molecule has 0 bridgehead atoms. The molecule has 0 spiro atoms. The third-order valence-corrected chi connectivity index (χ3v) is 3.88. The normalized spacial score (nSPS) is 10.7. The van der Waals surface area contributed by atoms with Crippen molar-refractivity contribution in [2.24, 2.45) is 0 Å². The Kier molecular flexibility index (Phi) is 5.73. The number of unbranched alkanes of at least 4 members (excludes halogenated alkanes) is 2. The van der Waals surface area contributed by atoms with E-state index in [4.69, 9.17) is 10.6 Å². The minimum Gasteiger partial charge on any atom is -0.494 e. The van der Waals surface area contributed by atoms with E-state index in [1.54, 1.807) is 11.8 Å². The highest BCUT2D eigenvalue weighted by Gasteiger charge is 2.03. The number of benzene rings is 1. The maximum Gasteiger partial charge on any atom is 0.209 e. The Morgan fingerprint density at radius 2 is 2.05 bits per heavy atom. The van der Waals surface area contributed by atoms with Gasteiger partial charge in [0.05, 0.1) is 6.61 Å². The van der Waals surface area contributed by atoms with Crippen molar-refractivity contribution in [3.05, 3.63) is 36.2 Å². The number of hydrogen-bond acceptors (Lipinski definition) is 5. The van der Waals surface area contributed by atoms with Crippen LogP contribution in [0.3, 0.4) is 0 Å². The molecule has 2 N–H and O–H groups in total. The summed E-state index contributed by atoms with van der Waals surface area (Å²) in [7, 11) is 0. The third-order valence-electron chi connectivity index (χ3n) is 2.85. The van der Waals surface area contributed by atoms with Crippen LogP contribution in [0.1, 0.15) is 31.7 Å². The summed E-state index contributed by atoms with van der Waals surface area (Å²) in [6.45, 7) is 2.98. The molecule has 5 nitrogen and oxygen atoms in total. The second-order valence-corrected chi connectivity index (χ2v) is 5.45. The molecule has 0 saturated carbocycles. The molecule has 2 aromatic rings. The van der Waals surface area contributed by atoms with E-state index in [1.807, 2.05) is 12.1 Å². The Bertz CT molecular complexity index is 512. The molecular formula is C14H20N4OS. The van der Waals surface area contributed by atoms with Crippen molar-refractivity contribution in [3.63, 3.8) is 0 Å². The monoisotopic (exact) mass is 292 g/mol. The SMILES string of the molecule is CCCCCOc1ccc(CSc2nncn2N)cc1. The summed E-state index contributed by atoms with van der Waals surface area (Å²) in [4.78, 5) is 0. The first kappa shape index (κ1) is 14.7. The fourth-order valence-electron chi connectivity index (χ4n) is 1.71. The number of hydrogen-bond donors (Lipinski definition) is 1. The van der Waals surface area contributed by atoms with E-state index < -0.39 is 0 Å². The van der Waals surface area contributed by atoms with Crippen molar-refractivity contribution in [1.82, 2.24) is 14.9 Å². The van der Waals surface area contributed by atoms with Crippen molar-refractivity contribution in [2.75, 3.05) is 12.4 Å². The van der Waals surface area contributed by atoms with Gasteiger partial charge in [-0.1, -0.05) is 43.7 Å². The van der Waals surface area contributed by atoms with Gasteiger partial charge >= 0.3 is 0 Å². The molecule has 1 aromatic heterocycles. The van der Waals surface area contributed by atoms with Crippen LogP contribution in [0.25, 0.3) is 0 Å². The molecule has 2 rings (SSSR count). The molecule has 20 heavy (non-hydrogen) atoms. The predicted octanol–water partition coefficient (Wildman–Crippen LogP) is 2.85. The number of ether oxygens (including phenoxy) is 1. The molecule has 0 saturated heterocycles. The Hall–Kier alpha value is -1.69. The van der Waals surface area contributed by atoms with Crippen LogP contribution in [0.15, 0.2) is 35.7 Å². The number of nitrogen functional groups attached to an aromatic ring is 1. The van der Waals surface area contributed by atoms with Crippen LogP contribution in [0.5, 0.6) is 5.75 Å². The first-order valence-electron chi connectivity index (χ1n) is 6.79. The van der Waals surface area contributed by atoms with E-state index >= 15 is 0 Å². The average Bonchev–Trinajstić information content (AvgIpc) is 2.88. The summed E-state index contributed by atoms with van der Waals surface area (Å²) in [5.41, 5.74) is 1.21. The van der Waals surface area contributed by atoms with Crippen LogP contribution in [-0.2, 0) is 5.75 Å². The molecule has 1 aromatic carbocycles. The van der Waals surface area contributed by atoms with Gasteiger partial charge in [-0.3, -0.25) is 0 Å². The van der Waals surface area contributed by atoms with Crippen molar-refractivity contribution in [2.45, 2.75) is 37.1 Å². The highest BCUT2D eigenvalue weighted by molar-refractivity contribution is 7.98. The van der Waals surface area contributed by atoms with Crippen molar-refractivity contribution in [3.8, 4) is 5.75 Å². The summed E-state index contributed by atoms with van der Waals surface area (Å²) in [5, 5.41) is 8.39. The molecule has 0 aliphatic carbocycles. The molecule has 1 heterocycles. The quantitative estimate of drug-likeness (QED) is 0.460. The lowest BCUT2D eigenvalue weighted by atomic mass is 10.2. The smallest absolute Gasteiger partial charge is 0.209 e. The zero-order valence-electron chi connectivity index (χ0n) is 11.7. The fraction of sp³-hybridized carbons (Fsp3) is 0.429. The Morgan fingerprint density at radius 1 is 1.25 bits per heavy atom. The molecule has 0 aliphatic rings. The van der Waals surface area contributed by atoms with Crippen molar-refractivity contribution >= 4 is 11.8 Å². The zero-order valence-corrected chi connectivity index (χ0v) is 12.5. The Labute approximate surface area is 123 Å². The van der Waals surface area contributed by atoms with Gasteiger partial charge in [-0.2, -0.15) is 0 Å². The lowest BCUT2D eigenvalue weighted by Crippen LogP contribution is -2.07. The number of nitrogens with zero attached hydrogens (tertiary/aromatic N) is 3. The van der Waals surface area contributed by atoms with Gasteiger partial charge in [0.15, 0.2) is 0 Å². The number of rotatable bonds is 8. The summed E-state index contributed by atoms with van der Waals surface area (Å²) in [6, 6.07) is 8.16. The minimum atomic E-state index is 0.713. The van der Waals surface area contributed by atoms with E-state index in [-0.39, 0.29) is 0 Å². The number of thioether (sulfide) groups is 1. The molecular weight excluding hydrogens is 272 g/mol. The first-order valence-corrected chi connectivity index (χ1v) is 7.78. The van der Waals surface area contributed by atoms with E-state index in [1.165, 1.54) is 29.4 Å². The highest BCUT2D eigenvalue weighted by atomic mass is 32.2. The van der Waals surface area contributed by atoms with Gasteiger partial charge in [-0.25, -0.2) is 4.68 Å². The van der Waals surface area contributed by atoms with E-state index in [2.05, 4.69) is 29.3 Å². The summed E-state index contributed by atoms with van der Waals surface area (Å²) < 4.78 is 7.11. The largest absolute Gasteiger partial charge is 0.494 e. The number of nitrogens with two attached hydrogens (primary N) is 1. The van der Waals surface area contributed by atoms with E-state index in [0.29, 0.717) is 5.16 Å². The molecule has 0 aliphatic heterocycles. The maximum absolute atomic E-state index is 5.68. The molecule has 0 radical (unpaired) electrons. The van der Waals surface area contributed by atoms with Crippen LogP contribution >= 0.6 is 11.8 Å². The van der Waals surface area contributed by atoms with Crippen LogP contribution in [-0.4, -0.2) is 21.5 Å². The molecule has 6 heteroatoms. The maximum atomic E-state index is 5.68. The average molecular weight is 292 g/mol. The molecule has 0 atom stereocenters. The standard InChI is InChI=1S/C14H20N4OS/c1-2-3-4-9-19-13-7-5-12(6-8-13)10-20-14-17-16-11-18(14)15/h5-8,11H,2-4,9-10,15H2,1H3. The molecule has 0 amide bonds. The summed E-state index contributed by atoms with van der Waals surface area (Å²) >= 11 is 1.56. The summed E-state index contributed by atoms with van der Waals surface area (Å²) in [6.07, 6.45) is 5.04. The zero-order chi connectivity index (χ0) is 14.2. The van der Waals surface area contributed by atoms with Crippen molar-refractivity contribution < 1.29 is 4.74 Å². The summed E-state index contributed by atoms with van der Waals surface area (Å²) in [5.74, 6) is 7.40. The van der Waals surface area contributed by atoms with Gasteiger partial charge in [0.1, 0.15) is 12.1 Å². The second kappa shape index (κ2) is 7.79. The van der Waals surface area contributed by atoms with Gasteiger partial charge in [-0.05, 0) is 24.1 Å². The van der Waals surface area contributed by atoms with E-state index in [9.17, 15) is 0 Å². The predicted molar refractivity (Wildman–Crippen MR) is 81.2 cm³/mol. The minimum absolute atomic E-state index is 0.713. The van der Waals surface area contributed by atoms with Gasteiger partial charge in [0, 0.05) is 5.75 Å². The Balaban J connectivity index is 1.78. The fourth-order valence-corrected chi connectivity index (χ4v) is 2.50. The van der Waals surface area contributed by atoms with Gasteiger partial charge in [-0.15, -0.1) is 10.2 Å². The Morgan fingerprint density at radius 3 is 2.70 bits per heavy atom. The van der Waals surface area contributed by atoms with E-state index in [0.717, 1.165) is 24.5 Å². The highest BCUT2D eigenvalue weighted by Crippen LogP contribution is 2.21. The van der Waals surface area contributed by atoms with Crippen LogP contribution in [0.4, 0.5) is 0 Å². The van der Waals surface area contributed by atoms with Crippen LogP contribution in [0.2, 0.25) is 0 Å². The first-order chi connectivity index (χ1) is 9.79. The van der Waals surface area contributed by atoms with Crippen LogP contribution in [0, 0.1) is 0 Å². The van der Waals surface area contributed by atoms with Gasteiger partial charge < -0.3 is 10.6 Å². The van der Waals surface area contributed by atoms with Gasteiger partial charge in [0.25, 0.3) is 0 Å². The van der Waals surface area contributed by atoms with Crippen molar-refractivity contribution in [1.29, 1.82) is 0 Å².